The molecule has 0 spiro atoms. The highest BCUT2D eigenvalue weighted by Gasteiger charge is 2.17. The van der Waals surface area contributed by atoms with Gasteiger partial charge in [-0.15, -0.1) is 0 Å². The van der Waals surface area contributed by atoms with Crippen LogP contribution in [0.5, 0.6) is 5.75 Å². The summed E-state index contributed by atoms with van der Waals surface area (Å²) in [5.74, 6) is 0.586. The molecule has 1 aliphatic heterocycles. The van der Waals surface area contributed by atoms with E-state index in [9.17, 15) is 4.79 Å². The molecule has 0 atom stereocenters. The van der Waals surface area contributed by atoms with Gasteiger partial charge in [-0.3, -0.25) is 4.79 Å². The first-order chi connectivity index (χ1) is 14.1. The van der Waals surface area contributed by atoms with Gasteiger partial charge in [-0.2, -0.15) is 0 Å². The van der Waals surface area contributed by atoms with Gasteiger partial charge in [0.1, 0.15) is 12.4 Å². The Bertz CT molecular complexity index is 1000. The van der Waals surface area contributed by atoms with E-state index in [0.29, 0.717) is 12.2 Å². The molecule has 0 aliphatic carbocycles. The van der Waals surface area contributed by atoms with Crippen LogP contribution >= 0.6 is 0 Å². The van der Waals surface area contributed by atoms with E-state index < -0.39 is 0 Å². The number of carbonyl (C=O) groups is 1. The molecule has 1 aliphatic rings. The summed E-state index contributed by atoms with van der Waals surface area (Å²) in [7, 11) is 3.91. The van der Waals surface area contributed by atoms with Crippen molar-refractivity contribution >= 4 is 34.3 Å². The molecular formula is C23H24N4O2. The fourth-order valence-corrected chi connectivity index (χ4v) is 3.23. The number of carbonyl (C=O) groups excluding carboxylic acids is 1. The number of anilines is 5. The number of benzene rings is 3. The Balaban J connectivity index is 1.41. The van der Waals surface area contributed by atoms with Crippen LogP contribution in [0.4, 0.5) is 28.4 Å². The molecule has 0 aromatic heterocycles. The van der Waals surface area contributed by atoms with Crippen molar-refractivity contribution in [1.29, 1.82) is 0 Å². The van der Waals surface area contributed by atoms with E-state index in [4.69, 9.17) is 4.74 Å². The molecule has 0 fully saturated rings. The zero-order valence-corrected chi connectivity index (χ0v) is 16.5. The number of likely N-dealkylation sites (N-methyl/N-ethyl adjacent to an activating group) is 1. The van der Waals surface area contributed by atoms with Crippen LogP contribution in [-0.2, 0) is 0 Å². The summed E-state index contributed by atoms with van der Waals surface area (Å²) in [4.78, 5) is 14.7. The quantitative estimate of drug-likeness (QED) is 0.598. The Morgan fingerprint density at radius 3 is 2.17 bits per heavy atom. The highest BCUT2D eigenvalue weighted by Crippen LogP contribution is 2.31. The third-order valence-corrected chi connectivity index (χ3v) is 4.92. The number of hydrogen-bond acceptors (Lipinski definition) is 5. The summed E-state index contributed by atoms with van der Waals surface area (Å²) in [5, 5.41) is 9.38. The molecule has 0 radical (unpaired) electrons. The van der Waals surface area contributed by atoms with Gasteiger partial charge in [0, 0.05) is 42.4 Å². The number of fused-ring (bicyclic) bond motifs is 1. The molecule has 148 valence electrons. The van der Waals surface area contributed by atoms with Gasteiger partial charge in [0.2, 0.25) is 0 Å². The summed E-state index contributed by atoms with van der Waals surface area (Å²) in [6.07, 6.45) is 0. The first-order valence-electron chi connectivity index (χ1n) is 9.56. The van der Waals surface area contributed by atoms with Gasteiger partial charge in [0.15, 0.2) is 0 Å². The average Bonchev–Trinajstić information content (AvgIpc) is 2.75. The summed E-state index contributed by atoms with van der Waals surface area (Å²) in [6, 6.07) is 21.2. The number of hydrogen-bond donors (Lipinski definition) is 3. The highest BCUT2D eigenvalue weighted by molar-refractivity contribution is 6.05. The van der Waals surface area contributed by atoms with Crippen LogP contribution in [-0.4, -0.2) is 33.2 Å². The Kier molecular flexibility index (Phi) is 5.24. The molecule has 3 aromatic rings. The van der Waals surface area contributed by atoms with E-state index in [0.717, 1.165) is 40.7 Å². The largest absolute Gasteiger partial charge is 0.490 e. The van der Waals surface area contributed by atoms with E-state index >= 15 is 0 Å². The molecule has 3 aromatic carbocycles. The maximum absolute atomic E-state index is 12.6. The molecule has 6 heteroatoms. The Morgan fingerprint density at radius 2 is 1.52 bits per heavy atom. The van der Waals surface area contributed by atoms with Crippen molar-refractivity contribution in [1.82, 2.24) is 0 Å². The lowest BCUT2D eigenvalue weighted by Crippen LogP contribution is -2.29. The standard InChI is InChI=1S/C23H24N4O2/c1-24-17-4-6-18(7-5-17)25-19-8-10-20(11-9-19)26-23(28)16-3-12-21-22(15-16)29-14-13-27(21)2/h3-12,15,24-25H,13-14H2,1-2H3,(H,26,28). The molecule has 3 N–H and O–H groups in total. The van der Waals surface area contributed by atoms with Crippen LogP contribution in [0.25, 0.3) is 0 Å². The van der Waals surface area contributed by atoms with Gasteiger partial charge in [-0.25, -0.2) is 0 Å². The van der Waals surface area contributed by atoms with Gasteiger partial charge >= 0.3 is 0 Å². The molecular weight excluding hydrogens is 364 g/mol. The lowest BCUT2D eigenvalue weighted by atomic mass is 10.1. The van der Waals surface area contributed by atoms with Crippen LogP contribution in [0.1, 0.15) is 10.4 Å². The maximum atomic E-state index is 12.6. The average molecular weight is 388 g/mol. The molecule has 0 saturated carbocycles. The second kappa shape index (κ2) is 8.14. The van der Waals surface area contributed by atoms with Crippen LogP contribution in [0, 0.1) is 0 Å². The number of rotatable bonds is 5. The Morgan fingerprint density at radius 1 is 0.897 bits per heavy atom. The van der Waals surface area contributed by atoms with Crippen molar-refractivity contribution < 1.29 is 9.53 Å². The summed E-state index contributed by atoms with van der Waals surface area (Å²) >= 11 is 0. The minimum atomic E-state index is -0.159. The van der Waals surface area contributed by atoms with Crippen molar-refractivity contribution in [3.8, 4) is 5.75 Å². The van der Waals surface area contributed by atoms with Crippen molar-refractivity contribution in [3.05, 3.63) is 72.3 Å². The van der Waals surface area contributed by atoms with Crippen LogP contribution < -0.4 is 25.6 Å². The molecule has 29 heavy (non-hydrogen) atoms. The van der Waals surface area contributed by atoms with Crippen molar-refractivity contribution in [2.75, 3.05) is 48.1 Å². The Labute approximate surface area is 170 Å². The number of ether oxygens (including phenoxy) is 1. The fourth-order valence-electron chi connectivity index (χ4n) is 3.23. The highest BCUT2D eigenvalue weighted by atomic mass is 16.5. The van der Waals surface area contributed by atoms with Crippen LogP contribution in [0.2, 0.25) is 0 Å². The lowest BCUT2D eigenvalue weighted by Gasteiger charge is -2.27. The topological polar surface area (TPSA) is 65.6 Å². The first kappa shape index (κ1) is 18.7. The molecule has 0 bridgehead atoms. The number of nitrogens with one attached hydrogen (secondary N) is 3. The summed E-state index contributed by atoms with van der Waals surface area (Å²) in [6.45, 7) is 1.47. The van der Waals surface area contributed by atoms with Gasteiger partial charge in [0.05, 0.1) is 12.2 Å². The molecule has 1 heterocycles. The zero-order chi connectivity index (χ0) is 20.2. The van der Waals surface area contributed by atoms with E-state index in [1.165, 1.54) is 0 Å². The summed E-state index contributed by atoms with van der Waals surface area (Å²) < 4.78 is 5.69. The molecule has 0 saturated heterocycles. The van der Waals surface area contributed by atoms with Crippen molar-refractivity contribution in [3.63, 3.8) is 0 Å². The van der Waals surface area contributed by atoms with Crippen LogP contribution in [0.15, 0.2) is 66.7 Å². The van der Waals surface area contributed by atoms with Gasteiger partial charge in [0.25, 0.3) is 5.91 Å². The number of amides is 1. The predicted molar refractivity (Wildman–Crippen MR) is 119 cm³/mol. The molecule has 6 nitrogen and oxygen atoms in total. The Hall–Kier alpha value is -3.67. The van der Waals surface area contributed by atoms with Crippen molar-refractivity contribution in [2.24, 2.45) is 0 Å². The van der Waals surface area contributed by atoms with E-state index in [1.54, 1.807) is 6.07 Å². The van der Waals surface area contributed by atoms with E-state index in [2.05, 4.69) is 20.9 Å². The SMILES string of the molecule is CNc1ccc(Nc2ccc(NC(=O)c3ccc4c(c3)OCCN4C)cc2)cc1. The smallest absolute Gasteiger partial charge is 0.255 e. The van der Waals surface area contributed by atoms with E-state index in [1.807, 2.05) is 74.8 Å². The minimum absolute atomic E-state index is 0.159. The van der Waals surface area contributed by atoms with Gasteiger partial charge in [-0.1, -0.05) is 0 Å². The maximum Gasteiger partial charge on any atom is 0.255 e. The molecule has 0 unspecified atom stereocenters. The normalized spacial score (nSPS) is 12.6. The lowest BCUT2D eigenvalue weighted by molar-refractivity contribution is 0.102. The third kappa shape index (κ3) is 4.27. The monoisotopic (exact) mass is 388 g/mol. The van der Waals surface area contributed by atoms with Crippen molar-refractivity contribution in [2.45, 2.75) is 0 Å². The predicted octanol–water partition coefficient (Wildman–Crippen LogP) is 4.55. The third-order valence-electron chi connectivity index (χ3n) is 4.92. The second-order valence-corrected chi connectivity index (χ2v) is 6.94. The van der Waals surface area contributed by atoms with Gasteiger partial charge in [-0.05, 0) is 66.7 Å². The van der Waals surface area contributed by atoms with Gasteiger partial charge < -0.3 is 25.6 Å². The molecule has 1 amide bonds. The first-order valence-corrected chi connectivity index (χ1v) is 9.56. The second-order valence-electron chi connectivity index (χ2n) is 6.94. The van der Waals surface area contributed by atoms with Crippen LogP contribution in [0.3, 0.4) is 0 Å². The molecule has 4 rings (SSSR count). The van der Waals surface area contributed by atoms with E-state index in [-0.39, 0.29) is 5.91 Å². The number of nitrogens with zero attached hydrogens (tertiary/aromatic N) is 1. The zero-order valence-electron chi connectivity index (χ0n) is 16.5. The fraction of sp³-hybridized carbons (Fsp3) is 0.174. The summed E-state index contributed by atoms with van der Waals surface area (Å²) in [5.41, 5.74) is 5.33. The minimum Gasteiger partial charge on any atom is -0.490 e.